The summed E-state index contributed by atoms with van der Waals surface area (Å²) in [4.78, 5) is 13.6. The van der Waals surface area contributed by atoms with Gasteiger partial charge in [0.1, 0.15) is 0 Å². The van der Waals surface area contributed by atoms with Gasteiger partial charge < -0.3 is 10.0 Å². The maximum absolute atomic E-state index is 11.4. The van der Waals surface area contributed by atoms with Gasteiger partial charge in [-0.1, -0.05) is 30.7 Å². The Kier molecular flexibility index (Phi) is 3.71. The molecular formula is C15H21NO2. The van der Waals surface area contributed by atoms with Gasteiger partial charge in [0.2, 0.25) is 0 Å². The zero-order valence-corrected chi connectivity index (χ0v) is 11.3. The molecule has 2 unspecified atom stereocenters. The number of nitrogens with zero attached hydrogens (tertiary/aromatic N) is 1. The number of carboxylic acids is 1. The van der Waals surface area contributed by atoms with Crippen LogP contribution in [0.25, 0.3) is 0 Å². The number of aliphatic carboxylic acids is 1. The molecule has 0 spiro atoms. The first-order valence-corrected chi connectivity index (χ1v) is 6.55. The van der Waals surface area contributed by atoms with Gasteiger partial charge in [-0.3, -0.25) is 4.79 Å². The minimum atomic E-state index is -0.670. The fourth-order valence-corrected chi connectivity index (χ4v) is 2.95. The van der Waals surface area contributed by atoms with Gasteiger partial charge in [0.05, 0.1) is 5.92 Å². The molecule has 2 rings (SSSR count). The van der Waals surface area contributed by atoms with Crippen molar-refractivity contribution >= 4 is 5.97 Å². The molecule has 1 heterocycles. The average molecular weight is 247 g/mol. The number of carboxylic acid groups (broad SMARTS) is 1. The van der Waals surface area contributed by atoms with Crippen LogP contribution in [0.2, 0.25) is 0 Å². The van der Waals surface area contributed by atoms with Gasteiger partial charge in [-0.25, -0.2) is 0 Å². The summed E-state index contributed by atoms with van der Waals surface area (Å²) in [7, 11) is 0. The van der Waals surface area contributed by atoms with E-state index in [9.17, 15) is 9.90 Å². The zero-order valence-electron chi connectivity index (χ0n) is 11.3. The van der Waals surface area contributed by atoms with E-state index in [0.717, 1.165) is 13.1 Å². The summed E-state index contributed by atoms with van der Waals surface area (Å²) in [5.74, 6) is -0.815. The smallest absolute Gasteiger partial charge is 0.308 e. The highest BCUT2D eigenvalue weighted by Crippen LogP contribution is 2.34. The number of carbonyl (C=O) groups is 1. The Morgan fingerprint density at radius 1 is 1.39 bits per heavy atom. The van der Waals surface area contributed by atoms with Crippen LogP contribution in [0.5, 0.6) is 0 Å². The van der Waals surface area contributed by atoms with Gasteiger partial charge in [-0.15, -0.1) is 0 Å². The van der Waals surface area contributed by atoms with E-state index < -0.39 is 5.97 Å². The number of hydrogen-bond acceptors (Lipinski definition) is 2. The average Bonchev–Trinajstić information content (AvgIpc) is 2.73. The van der Waals surface area contributed by atoms with Gasteiger partial charge in [-0.2, -0.15) is 0 Å². The molecule has 0 radical (unpaired) electrons. The Bertz CT molecular complexity index is 456. The fourth-order valence-electron chi connectivity index (χ4n) is 2.95. The second-order valence-electron chi connectivity index (χ2n) is 5.26. The molecule has 0 saturated carbocycles. The monoisotopic (exact) mass is 247 g/mol. The molecule has 1 fully saturated rings. The maximum atomic E-state index is 11.4. The van der Waals surface area contributed by atoms with Crippen LogP contribution >= 0.6 is 0 Å². The highest BCUT2D eigenvalue weighted by molar-refractivity contribution is 5.72. The quantitative estimate of drug-likeness (QED) is 0.891. The minimum Gasteiger partial charge on any atom is -0.481 e. The molecule has 3 nitrogen and oxygen atoms in total. The number of benzene rings is 1. The SMILES string of the molecule is CCN1CC(C(=O)O)C(c2ccc(C)cc2C)C1. The highest BCUT2D eigenvalue weighted by Gasteiger charge is 2.38. The summed E-state index contributed by atoms with van der Waals surface area (Å²) in [5, 5.41) is 9.38. The Hall–Kier alpha value is -1.35. The summed E-state index contributed by atoms with van der Waals surface area (Å²) in [6.07, 6.45) is 0. The Labute approximate surface area is 108 Å². The van der Waals surface area contributed by atoms with Crippen molar-refractivity contribution < 1.29 is 9.90 Å². The third-order valence-electron chi connectivity index (χ3n) is 3.98. The largest absolute Gasteiger partial charge is 0.481 e. The number of rotatable bonds is 3. The number of likely N-dealkylation sites (tertiary alicyclic amines) is 1. The predicted octanol–water partition coefficient (Wildman–Crippen LogP) is 2.42. The first-order chi connectivity index (χ1) is 8.52. The Balaban J connectivity index is 2.32. The van der Waals surface area contributed by atoms with E-state index >= 15 is 0 Å². The van der Waals surface area contributed by atoms with E-state index in [2.05, 4.69) is 43.9 Å². The van der Waals surface area contributed by atoms with Crippen LogP contribution in [0.3, 0.4) is 0 Å². The molecule has 0 bridgehead atoms. The molecule has 1 aromatic carbocycles. The molecule has 2 atom stereocenters. The summed E-state index contributed by atoms with van der Waals surface area (Å²) in [6.45, 7) is 8.68. The molecule has 1 aromatic rings. The molecule has 1 N–H and O–H groups in total. The lowest BCUT2D eigenvalue weighted by Crippen LogP contribution is -2.23. The molecule has 1 saturated heterocycles. The van der Waals surface area contributed by atoms with Crippen molar-refractivity contribution in [2.24, 2.45) is 5.92 Å². The van der Waals surface area contributed by atoms with Gasteiger partial charge in [0.25, 0.3) is 0 Å². The zero-order chi connectivity index (χ0) is 13.3. The third-order valence-corrected chi connectivity index (χ3v) is 3.98. The van der Waals surface area contributed by atoms with Gasteiger partial charge >= 0.3 is 5.97 Å². The molecule has 3 heteroatoms. The Morgan fingerprint density at radius 2 is 2.11 bits per heavy atom. The van der Waals surface area contributed by atoms with E-state index in [1.807, 2.05) is 0 Å². The van der Waals surface area contributed by atoms with E-state index in [1.165, 1.54) is 16.7 Å². The van der Waals surface area contributed by atoms with Crippen molar-refractivity contribution in [3.05, 3.63) is 34.9 Å². The second-order valence-corrected chi connectivity index (χ2v) is 5.26. The molecule has 1 aliphatic rings. The first kappa shape index (κ1) is 13.1. The maximum Gasteiger partial charge on any atom is 0.308 e. The van der Waals surface area contributed by atoms with Crippen LogP contribution in [-0.2, 0) is 4.79 Å². The number of aryl methyl sites for hydroxylation is 2. The normalized spacial score (nSPS) is 24.4. The summed E-state index contributed by atoms with van der Waals surface area (Å²) in [6, 6.07) is 6.32. The van der Waals surface area contributed by atoms with Crippen LogP contribution in [0, 0.1) is 19.8 Å². The first-order valence-electron chi connectivity index (χ1n) is 6.55. The van der Waals surface area contributed by atoms with Crippen LogP contribution in [0.4, 0.5) is 0 Å². The topological polar surface area (TPSA) is 40.5 Å². The molecule has 0 aliphatic carbocycles. The minimum absolute atomic E-state index is 0.128. The van der Waals surface area contributed by atoms with Crippen molar-refractivity contribution in [2.75, 3.05) is 19.6 Å². The third kappa shape index (κ3) is 2.41. The molecule has 0 amide bonds. The number of likely N-dealkylation sites (N-methyl/N-ethyl adjacent to an activating group) is 1. The lowest BCUT2D eigenvalue weighted by atomic mass is 9.86. The summed E-state index contributed by atoms with van der Waals surface area (Å²) >= 11 is 0. The lowest BCUT2D eigenvalue weighted by molar-refractivity contribution is -0.141. The Morgan fingerprint density at radius 3 is 2.67 bits per heavy atom. The molecular weight excluding hydrogens is 226 g/mol. The van der Waals surface area contributed by atoms with Crippen molar-refractivity contribution in [1.82, 2.24) is 4.90 Å². The van der Waals surface area contributed by atoms with Crippen molar-refractivity contribution in [1.29, 1.82) is 0 Å². The summed E-state index contributed by atoms with van der Waals surface area (Å²) < 4.78 is 0. The highest BCUT2D eigenvalue weighted by atomic mass is 16.4. The summed E-state index contributed by atoms with van der Waals surface area (Å²) in [5.41, 5.74) is 3.64. The fraction of sp³-hybridized carbons (Fsp3) is 0.533. The van der Waals surface area contributed by atoms with Gasteiger partial charge in [-0.05, 0) is 31.5 Å². The van der Waals surface area contributed by atoms with Crippen LogP contribution in [-0.4, -0.2) is 35.6 Å². The van der Waals surface area contributed by atoms with Crippen LogP contribution in [0.15, 0.2) is 18.2 Å². The molecule has 18 heavy (non-hydrogen) atoms. The van der Waals surface area contributed by atoms with Crippen molar-refractivity contribution in [3.63, 3.8) is 0 Å². The van der Waals surface area contributed by atoms with Gasteiger partial charge in [0.15, 0.2) is 0 Å². The van der Waals surface area contributed by atoms with E-state index in [1.54, 1.807) is 0 Å². The van der Waals surface area contributed by atoms with Crippen LogP contribution < -0.4 is 0 Å². The molecule has 1 aliphatic heterocycles. The van der Waals surface area contributed by atoms with E-state index in [4.69, 9.17) is 0 Å². The molecule has 0 aromatic heterocycles. The van der Waals surface area contributed by atoms with Gasteiger partial charge in [0, 0.05) is 19.0 Å². The second kappa shape index (κ2) is 5.11. The predicted molar refractivity (Wildman–Crippen MR) is 71.9 cm³/mol. The molecule has 98 valence electrons. The van der Waals surface area contributed by atoms with Crippen LogP contribution in [0.1, 0.15) is 29.5 Å². The van der Waals surface area contributed by atoms with Crippen molar-refractivity contribution in [2.45, 2.75) is 26.7 Å². The lowest BCUT2D eigenvalue weighted by Gasteiger charge is -2.18. The number of hydrogen-bond donors (Lipinski definition) is 1. The standard InChI is InChI=1S/C15H21NO2/c1-4-16-8-13(14(9-16)15(17)18)12-6-5-10(2)7-11(12)3/h5-7,13-14H,4,8-9H2,1-3H3,(H,17,18). The van der Waals surface area contributed by atoms with E-state index in [0.29, 0.717) is 6.54 Å². The van der Waals surface area contributed by atoms with Crippen molar-refractivity contribution in [3.8, 4) is 0 Å². The van der Waals surface area contributed by atoms with E-state index in [-0.39, 0.29) is 11.8 Å².